The number of carbonyl (C=O) groups is 1. The molecule has 2 aromatic heterocycles. The summed E-state index contributed by atoms with van der Waals surface area (Å²) < 4.78 is 1.57. The number of rotatable bonds is 5. The molecule has 3 aromatic rings. The number of thiazole rings is 1. The van der Waals surface area contributed by atoms with Crippen molar-refractivity contribution in [2.24, 2.45) is 0 Å². The van der Waals surface area contributed by atoms with Crippen molar-refractivity contribution in [3.05, 3.63) is 63.0 Å². The van der Waals surface area contributed by atoms with Crippen LogP contribution in [0, 0.1) is 13.8 Å². The number of amides is 1. The van der Waals surface area contributed by atoms with Crippen LogP contribution < -0.4 is 10.9 Å². The number of hydrogen-bond acceptors (Lipinski definition) is 6. The molecule has 1 aliphatic rings. The number of carbonyl (C=O) groups excluding carboxylic acids is 1. The molecule has 1 unspecified atom stereocenters. The number of aryl methyl sites for hydroxylation is 2. The number of nitrogens with zero attached hydrogens (tertiary/aromatic N) is 4. The maximum Gasteiger partial charge on any atom is 0.258 e. The third-order valence-corrected chi connectivity index (χ3v) is 6.47. The largest absolute Gasteiger partial charge is 0.324 e. The molecule has 30 heavy (non-hydrogen) atoms. The van der Waals surface area contributed by atoms with Crippen LogP contribution in [0.15, 0.2) is 40.6 Å². The van der Waals surface area contributed by atoms with Crippen molar-refractivity contribution in [2.45, 2.75) is 33.4 Å². The van der Waals surface area contributed by atoms with Crippen LogP contribution in [0.4, 0.5) is 5.69 Å². The first-order chi connectivity index (χ1) is 14.4. The topological polar surface area (TPSA) is 70.0 Å². The van der Waals surface area contributed by atoms with Crippen LogP contribution in [0.1, 0.15) is 23.7 Å². The van der Waals surface area contributed by atoms with E-state index < -0.39 is 0 Å². The molecule has 0 aliphatic carbocycles. The first-order valence-corrected chi connectivity index (χ1v) is 11.1. The van der Waals surface area contributed by atoms with E-state index in [2.05, 4.69) is 26.2 Å². The zero-order valence-electron chi connectivity index (χ0n) is 17.6. The van der Waals surface area contributed by atoms with Crippen LogP contribution in [0.5, 0.6) is 0 Å². The lowest BCUT2D eigenvalue weighted by molar-refractivity contribution is -0.121. The fourth-order valence-electron chi connectivity index (χ4n) is 3.86. The van der Waals surface area contributed by atoms with E-state index in [0.717, 1.165) is 48.1 Å². The number of aromatic nitrogens is 2. The summed E-state index contributed by atoms with van der Waals surface area (Å²) in [6, 6.07) is 7.48. The van der Waals surface area contributed by atoms with Gasteiger partial charge in [0.15, 0.2) is 4.96 Å². The third kappa shape index (κ3) is 4.45. The Morgan fingerprint density at radius 1 is 1.20 bits per heavy atom. The molecule has 1 N–H and O–H groups in total. The molecule has 3 heterocycles. The number of piperazine rings is 1. The van der Waals surface area contributed by atoms with Crippen molar-refractivity contribution >= 4 is 27.9 Å². The summed E-state index contributed by atoms with van der Waals surface area (Å²) in [4.78, 5) is 34.7. The maximum absolute atomic E-state index is 12.7. The van der Waals surface area contributed by atoms with Gasteiger partial charge in [-0.3, -0.25) is 23.8 Å². The second-order valence-electron chi connectivity index (χ2n) is 7.94. The fourth-order valence-corrected chi connectivity index (χ4v) is 4.60. The first-order valence-electron chi connectivity index (χ1n) is 10.2. The molecule has 8 heteroatoms. The second-order valence-corrected chi connectivity index (χ2v) is 8.81. The molecule has 1 saturated heterocycles. The van der Waals surface area contributed by atoms with Gasteiger partial charge in [-0.1, -0.05) is 17.7 Å². The van der Waals surface area contributed by atoms with Crippen LogP contribution in [-0.4, -0.2) is 57.3 Å². The normalized spacial score (nSPS) is 16.6. The van der Waals surface area contributed by atoms with Crippen LogP contribution in [0.3, 0.4) is 0 Å². The Labute approximate surface area is 180 Å². The van der Waals surface area contributed by atoms with Crippen molar-refractivity contribution < 1.29 is 4.79 Å². The predicted molar refractivity (Wildman–Crippen MR) is 120 cm³/mol. The number of hydrogen-bond donors (Lipinski definition) is 1. The SMILES string of the molecule is Cc1ccc(NC(=O)C(C)N2CCN(Cc3cc(=O)n4ccsc4n3)CC2)c(C)c1. The van der Waals surface area contributed by atoms with E-state index in [1.54, 1.807) is 16.7 Å². The molecule has 7 nitrogen and oxygen atoms in total. The maximum atomic E-state index is 12.7. The highest BCUT2D eigenvalue weighted by Crippen LogP contribution is 2.18. The zero-order chi connectivity index (χ0) is 21.3. The molecular formula is C22H27N5O2S. The van der Waals surface area contributed by atoms with Crippen molar-refractivity contribution in [2.75, 3.05) is 31.5 Å². The second kappa shape index (κ2) is 8.67. The summed E-state index contributed by atoms with van der Waals surface area (Å²) in [6.07, 6.45) is 1.75. The molecule has 4 rings (SSSR count). The smallest absolute Gasteiger partial charge is 0.258 e. The van der Waals surface area contributed by atoms with Gasteiger partial charge in [0.2, 0.25) is 5.91 Å². The molecule has 158 valence electrons. The van der Waals surface area contributed by atoms with E-state index in [4.69, 9.17) is 0 Å². The third-order valence-electron chi connectivity index (χ3n) is 5.72. The van der Waals surface area contributed by atoms with Crippen LogP contribution >= 0.6 is 11.3 Å². The first kappa shape index (κ1) is 20.7. The van der Waals surface area contributed by atoms with Crippen LogP contribution in [0.2, 0.25) is 0 Å². The van der Waals surface area contributed by atoms with E-state index in [0.29, 0.717) is 6.54 Å². The van der Waals surface area contributed by atoms with Crippen molar-refractivity contribution in [1.82, 2.24) is 19.2 Å². The minimum atomic E-state index is -0.196. The quantitative estimate of drug-likeness (QED) is 0.680. The van der Waals surface area contributed by atoms with Crippen LogP contribution in [-0.2, 0) is 11.3 Å². The highest BCUT2D eigenvalue weighted by Gasteiger charge is 2.26. The minimum absolute atomic E-state index is 0.0215. The Morgan fingerprint density at radius 2 is 1.97 bits per heavy atom. The van der Waals surface area contributed by atoms with Gasteiger partial charge in [-0.05, 0) is 32.4 Å². The molecule has 1 aliphatic heterocycles. The summed E-state index contributed by atoms with van der Waals surface area (Å²) in [5.41, 5.74) is 3.90. The van der Waals surface area contributed by atoms with Crippen molar-refractivity contribution in [1.29, 1.82) is 0 Å². The summed E-state index contributed by atoms with van der Waals surface area (Å²) in [5, 5.41) is 4.94. The van der Waals surface area contributed by atoms with Gasteiger partial charge in [0, 0.05) is 56.1 Å². The lowest BCUT2D eigenvalue weighted by atomic mass is 10.1. The minimum Gasteiger partial charge on any atom is -0.324 e. The standard InChI is InChI=1S/C22H27N5O2S/c1-15-4-5-19(16(2)12-15)24-21(29)17(3)26-8-6-25(7-9-26)14-18-13-20(28)27-10-11-30-22(27)23-18/h4-5,10-13,17H,6-9,14H2,1-3H3,(H,24,29). The van der Waals surface area contributed by atoms with E-state index in [9.17, 15) is 9.59 Å². The van der Waals surface area contributed by atoms with Gasteiger partial charge in [-0.2, -0.15) is 0 Å². The van der Waals surface area contributed by atoms with E-state index in [-0.39, 0.29) is 17.5 Å². The van der Waals surface area contributed by atoms with Crippen molar-refractivity contribution in [3.8, 4) is 0 Å². The lowest BCUT2D eigenvalue weighted by Gasteiger charge is -2.37. The molecule has 0 spiro atoms. The summed E-state index contributed by atoms with van der Waals surface area (Å²) in [6.45, 7) is 9.97. The highest BCUT2D eigenvalue weighted by molar-refractivity contribution is 7.15. The van der Waals surface area contributed by atoms with Gasteiger partial charge < -0.3 is 5.32 Å². The van der Waals surface area contributed by atoms with Gasteiger partial charge >= 0.3 is 0 Å². The Bertz CT molecular complexity index is 1110. The number of benzene rings is 1. The van der Waals surface area contributed by atoms with E-state index >= 15 is 0 Å². The van der Waals surface area contributed by atoms with Gasteiger partial charge in [0.1, 0.15) is 0 Å². The molecule has 1 fully saturated rings. The highest BCUT2D eigenvalue weighted by atomic mass is 32.1. The molecular weight excluding hydrogens is 398 g/mol. The predicted octanol–water partition coefficient (Wildman–Crippen LogP) is 2.52. The van der Waals surface area contributed by atoms with E-state index in [1.807, 2.05) is 38.3 Å². The lowest BCUT2D eigenvalue weighted by Crippen LogP contribution is -2.52. The van der Waals surface area contributed by atoms with Gasteiger partial charge in [-0.15, -0.1) is 11.3 Å². The Morgan fingerprint density at radius 3 is 2.70 bits per heavy atom. The van der Waals surface area contributed by atoms with Gasteiger partial charge in [0.25, 0.3) is 5.56 Å². The molecule has 0 saturated carbocycles. The summed E-state index contributed by atoms with van der Waals surface area (Å²) in [5.74, 6) is 0.0215. The summed E-state index contributed by atoms with van der Waals surface area (Å²) >= 11 is 1.47. The molecule has 1 atom stereocenters. The Balaban J connectivity index is 1.33. The van der Waals surface area contributed by atoms with Crippen LogP contribution in [0.25, 0.3) is 4.96 Å². The number of nitrogens with one attached hydrogen (secondary N) is 1. The average molecular weight is 426 g/mol. The van der Waals surface area contributed by atoms with E-state index in [1.165, 1.54) is 16.9 Å². The summed E-state index contributed by atoms with van der Waals surface area (Å²) in [7, 11) is 0. The fraction of sp³-hybridized carbons (Fsp3) is 0.409. The monoisotopic (exact) mass is 425 g/mol. The zero-order valence-corrected chi connectivity index (χ0v) is 18.4. The molecule has 0 radical (unpaired) electrons. The molecule has 1 aromatic carbocycles. The van der Waals surface area contributed by atoms with Crippen molar-refractivity contribution in [3.63, 3.8) is 0 Å². The molecule has 0 bridgehead atoms. The Kier molecular flexibility index (Phi) is 5.99. The van der Waals surface area contributed by atoms with Gasteiger partial charge in [0.05, 0.1) is 11.7 Å². The molecule has 1 amide bonds. The number of fused-ring (bicyclic) bond motifs is 1. The number of anilines is 1. The Hall–Kier alpha value is -2.55. The average Bonchev–Trinajstić information content (AvgIpc) is 3.19. The van der Waals surface area contributed by atoms with Gasteiger partial charge in [-0.25, -0.2) is 4.98 Å².